The summed E-state index contributed by atoms with van der Waals surface area (Å²) in [5.74, 6) is 0. The summed E-state index contributed by atoms with van der Waals surface area (Å²) in [4.78, 5) is 14.2. The number of benzene rings is 1. The fourth-order valence-corrected chi connectivity index (χ4v) is 2.60. The number of carbonyl (C=O) groups excluding carboxylic acids is 1. The topological polar surface area (TPSA) is 53.6 Å². The summed E-state index contributed by atoms with van der Waals surface area (Å²) in [5, 5.41) is 6.17. The molecule has 0 bridgehead atoms. The standard InChI is InChI=1S/C16H25N3O2/c1-11-9-19(10-12(2)21-11)16(20)18-15-7-5-6-14(8-15)13(3)17-4/h5-8,11-13,17H,9-10H2,1-4H3,(H,18,20)/t11-,12+,13?. The molecule has 116 valence electrons. The Balaban J connectivity index is 2.02. The van der Waals surface area contributed by atoms with Crippen molar-refractivity contribution in [2.45, 2.75) is 39.0 Å². The number of anilines is 1. The summed E-state index contributed by atoms with van der Waals surface area (Å²) in [5.41, 5.74) is 1.98. The molecule has 1 aliphatic rings. The number of urea groups is 1. The average molecular weight is 291 g/mol. The minimum atomic E-state index is -0.0636. The Labute approximate surface area is 126 Å². The molecule has 3 atom stereocenters. The van der Waals surface area contributed by atoms with Crippen molar-refractivity contribution in [2.24, 2.45) is 0 Å². The molecule has 0 spiro atoms. The van der Waals surface area contributed by atoms with Gasteiger partial charge in [0.15, 0.2) is 0 Å². The van der Waals surface area contributed by atoms with Crippen LogP contribution in [0.5, 0.6) is 0 Å². The first-order valence-electron chi connectivity index (χ1n) is 7.48. The molecule has 2 amide bonds. The van der Waals surface area contributed by atoms with Gasteiger partial charge in [-0.05, 0) is 45.5 Å². The van der Waals surface area contributed by atoms with Gasteiger partial charge in [-0.1, -0.05) is 12.1 Å². The first kappa shape index (κ1) is 15.8. The number of rotatable bonds is 3. The van der Waals surface area contributed by atoms with Crippen molar-refractivity contribution >= 4 is 11.7 Å². The van der Waals surface area contributed by atoms with E-state index < -0.39 is 0 Å². The van der Waals surface area contributed by atoms with Gasteiger partial charge in [-0.3, -0.25) is 0 Å². The minimum absolute atomic E-state index is 0.0636. The fraction of sp³-hybridized carbons (Fsp3) is 0.562. The Morgan fingerprint density at radius 1 is 1.33 bits per heavy atom. The lowest BCUT2D eigenvalue weighted by molar-refractivity contribution is -0.0530. The van der Waals surface area contributed by atoms with E-state index in [0.717, 1.165) is 11.3 Å². The van der Waals surface area contributed by atoms with Crippen molar-refractivity contribution in [2.75, 3.05) is 25.5 Å². The van der Waals surface area contributed by atoms with Crippen molar-refractivity contribution in [1.82, 2.24) is 10.2 Å². The van der Waals surface area contributed by atoms with Crippen LogP contribution in [0.15, 0.2) is 24.3 Å². The molecule has 0 saturated carbocycles. The third kappa shape index (κ3) is 4.19. The maximum absolute atomic E-state index is 12.4. The van der Waals surface area contributed by atoms with Crippen LogP contribution in [0.3, 0.4) is 0 Å². The summed E-state index contributed by atoms with van der Waals surface area (Å²) in [6, 6.07) is 8.12. The summed E-state index contributed by atoms with van der Waals surface area (Å²) >= 11 is 0. The number of nitrogens with one attached hydrogen (secondary N) is 2. The Morgan fingerprint density at radius 2 is 2.00 bits per heavy atom. The van der Waals surface area contributed by atoms with Gasteiger partial charge in [-0.25, -0.2) is 4.79 Å². The summed E-state index contributed by atoms with van der Waals surface area (Å²) in [6.45, 7) is 7.33. The molecule has 1 heterocycles. The van der Waals surface area contributed by atoms with Crippen LogP contribution in [0.4, 0.5) is 10.5 Å². The molecule has 0 aliphatic carbocycles. The van der Waals surface area contributed by atoms with Crippen LogP contribution in [0, 0.1) is 0 Å². The SMILES string of the molecule is CNC(C)c1cccc(NC(=O)N2C[C@@H](C)O[C@@H](C)C2)c1. The van der Waals surface area contributed by atoms with Crippen LogP contribution in [-0.2, 0) is 4.74 Å². The van der Waals surface area contributed by atoms with E-state index in [1.54, 1.807) is 0 Å². The predicted octanol–water partition coefficient (Wildman–Crippen LogP) is 2.61. The molecule has 0 aromatic heterocycles. The zero-order valence-electron chi connectivity index (χ0n) is 13.2. The van der Waals surface area contributed by atoms with E-state index in [-0.39, 0.29) is 24.3 Å². The smallest absolute Gasteiger partial charge is 0.322 e. The Hall–Kier alpha value is -1.59. The molecule has 1 fully saturated rings. The van der Waals surface area contributed by atoms with Gasteiger partial charge in [0, 0.05) is 24.8 Å². The van der Waals surface area contributed by atoms with Crippen molar-refractivity contribution in [3.63, 3.8) is 0 Å². The molecule has 5 nitrogen and oxygen atoms in total. The highest BCUT2D eigenvalue weighted by Crippen LogP contribution is 2.18. The first-order valence-corrected chi connectivity index (χ1v) is 7.48. The van der Waals surface area contributed by atoms with Crippen LogP contribution in [0.25, 0.3) is 0 Å². The van der Waals surface area contributed by atoms with Gasteiger partial charge in [0.25, 0.3) is 0 Å². The second-order valence-electron chi connectivity index (χ2n) is 5.73. The zero-order chi connectivity index (χ0) is 15.4. The van der Waals surface area contributed by atoms with Crippen LogP contribution < -0.4 is 10.6 Å². The number of hydrogen-bond donors (Lipinski definition) is 2. The number of nitrogens with zero attached hydrogens (tertiary/aromatic N) is 1. The van der Waals surface area contributed by atoms with E-state index in [2.05, 4.69) is 23.6 Å². The number of morpholine rings is 1. The van der Waals surface area contributed by atoms with Gasteiger partial charge in [0.1, 0.15) is 0 Å². The molecule has 5 heteroatoms. The second kappa shape index (κ2) is 6.91. The maximum Gasteiger partial charge on any atom is 0.322 e. The fourth-order valence-electron chi connectivity index (χ4n) is 2.60. The Kier molecular flexibility index (Phi) is 5.20. The van der Waals surface area contributed by atoms with Gasteiger partial charge in [0.2, 0.25) is 0 Å². The third-order valence-electron chi connectivity index (χ3n) is 3.78. The molecule has 1 aromatic carbocycles. The third-order valence-corrected chi connectivity index (χ3v) is 3.78. The summed E-state index contributed by atoms with van der Waals surface area (Å²) in [6.07, 6.45) is 0.158. The lowest BCUT2D eigenvalue weighted by Crippen LogP contribution is -2.49. The van der Waals surface area contributed by atoms with Crippen LogP contribution in [0.1, 0.15) is 32.4 Å². The number of ether oxygens (including phenoxy) is 1. The number of carbonyl (C=O) groups is 1. The average Bonchev–Trinajstić information content (AvgIpc) is 2.45. The quantitative estimate of drug-likeness (QED) is 0.900. The van der Waals surface area contributed by atoms with E-state index >= 15 is 0 Å². The van der Waals surface area contributed by atoms with E-state index in [4.69, 9.17) is 4.74 Å². The van der Waals surface area contributed by atoms with Gasteiger partial charge < -0.3 is 20.3 Å². The highest BCUT2D eigenvalue weighted by Gasteiger charge is 2.25. The number of amides is 2. The monoisotopic (exact) mass is 291 g/mol. The maximum atomic E-state index is 12.4. The molecule has 0 radical (unpaired) electrons. The molecule has 2 N–H and O–H groups in total. The molecule has 21 heavy (non-hydrogen) atoms. The van der Waals surface area contributed by atoms with Crippen molar-refractivity contribution in [1.29, 1.82) is 0 Å². The zero-order valence-corrected chi connectivity index (χ0v) is 13.2. The molecule has 1 aromatic rings. The predicted molar refractivity (Wildman–Crippen MR) is 84.5 cm³/mol. The first-order chi connectivity index (χ1) is 9.99. The Morgan fingerprint density at radius 3 is 2.62 bits per heavy atom. The molecule has 1 unspecified atom stereocenters. The van der Waals surface area contributed by atoms with Gasteiger partial charge >= 0.3 is 6.03 Å². The van der Waals surface area contributed by atoms with Crippen LogP contribution in [0.2, 0.25) is 0 Å². The highest BCUT2D eigenvalue weighted by atomic mass is 16.5. The second-order valence-corrected chi connectivity index (χ2v) is 5.73. The molecule has 1 saturated heterocycles. The summed E-state index contributed by atoms with van der Waals surface area (Å²) in [7, 11) is 1.92. The Bertz CT molecular complexity index is 482. The van der Waals surface area contributed by atoms with Crippen molar-refractivity contribution < 1.29 is 9.53 Å². The van der Waals surface area contributed by atoms with E-state index in [1.807, 2.05) is 44.0 Å². The lowest BCUT2D eigenvalue weighted by Gasteiger charge is -2.35. The molecular formula is C16H25N3O2. The van der Waals surface area contributed by atoms with Gasteiger partial charge in [0.05, 0.1) is 12.2 Å². The molecule has 2 rings (SSSR count). The highest BCUT2D eigenvalue weighted by molar-refractivity contribution is 5.89. The van der Waals surface area contributed by atoms with Gasteiger partial charge in [-0.2, -0.15) is 0 Å². The van der Waals surface area contributed by atoms with E-state index in [9.17, 15) is 4.79 Å². The van der Waals surface area contributed by atoms with E-state index in [1.165, 1.54) is 0 Å². The normalized spacial score (nSPS) is 23.7. The largest absolute Gasteiger partial charge is 0.372 e. The van der Waals surface area contributed by atoms with Crippen LogP contribution >= 0.6 is 0 Å². The minimum Gasteiger partial charge on any atom is -0.372 e. The molecular weight excluding hydrogens is 266 g/mol. The van der Waals surface area contributed by atoms with Crippen LogP contribution in [-0.4, -0.2) is 43.3 Å². The van der Waals surface area contributed by atoms with E-state index in [0.29, 0.717) is 13.1 Å². The van der Waals surface area contributed by atoms with Crippen molar-refractivity contribution in [3.05, 3.63) is 29.8 Å². The van der Waals surface area contributed by atoms with Gasteiger partial charge in [-0.15, -0.1) is 0 Å². The number of hydrogen-bond acceptors (Lipinski definition) is 3. The lowest BCUT2D eigenvalue weighted by atomic mass is 10.1. The molecule has 1 aliphatic heterocycles. The summed E-state index contributed by atoms with van der Waals surface area (Å²) < 4.78 is 5.65. The van der Waals surface area contributed by atoms with Crippen molar-refractivity contribution in [3.8, 4) is 0 Å².